The predicted octanol–water partition coefficient (Wildman–Crippen LogP) is 2.61. The molecule has 0 saturated carbocycles. The molecule has 4 heteroatoms. The number of rotatable bonds is 3. The molecular formula is C11H11IO3. The number of ether oxygens (including phenoxy) is 1. The van der Waals surface area contributed by atoms with E-state index in [2.05, 4.69) is 22.6 Å². The van der Waals surface area contributed by atoms with Crippen molar-refractivity contribution in [1.82, 2.24) is 0 Å². The van der Waals surface area contributed by atoms with E-state index in [1.807, 2.05) is 0 Å². The van der Waals surface area contributed by atoms with Crippen molar-refractivity contribution >= 4 is 35.0 Å². The Bertz CT molecular complexity index is 411. The number of methoxy groups -OCH3 is 1. The molecule has 3 nitrogen and oxygen atoms in total. The van der Waals surface area contributed by atoms with Gasteiger partial charge in [0, 0.05) is 9.13 Å². The number of benzene rings is 1. The summed E-state index contributed by atoms with van der Waals surface area (Å²) in [5, 5.41) is 9.77. The zero-order valence-electron chi connectivity index (χ0n) is 8.45. The highest BCUT2D eigenvalue weighted by atomic mass is 127. The van der Waals surface area contributed by atoms with Crippen LogP contribution >= 0.6 is 22.6 Å². The van der Waals surface area contributed by atoms with E-state index in [4.69, 9.17) is 4.74 Å². The van der Waals surface area contributed by atoms with Crippen LogP contribution in [0.2, 0.25) is 0 Å². The third kappa shape index (κ3) is 2.95. The maximum atomic E-state index is 10.5. The lowest BCUT2D eigenvalue weighted by Crippen LogP contribution is -1.88. The fourth-order valence-electron chi connectivity index (χ4n) is 1.14. The number of hydrogen-bond acceptors (Lipinski definition) is 3. The van der Waals surface area contributed by atoms with Crippen LogP contribution in [0.5, 0.6) is 11.5 Å². The monoisotopic (exact) mass is 318 g/mol. The van der Waals surface area contributed by atoms with Gasteiger partial charge in [-0.15, -0.1) is 0 Å². The van der Waals surface area contributed by atoms with Gasteiger partial charge >= 0.3 is 0 Å². The Hall–Kier alpha value is -1.04. The van der Waals surface area contributed by atoms with Crippen molar-refractivity contribution in [1.29, 1.82) is 0 Å². The van der Waals surface area contributed by atoms with Crippen molar-refractivity contribution in [2.24, 2.45) is 0 Å². The molecule has 0 unspecified atom stereocenters. The van der Waals surface area contributed by atoms with Gasteiger partial charge in [0.05, 0.1) is 7.11 Å². The zero-order valence-corrected chi connectivity index (χ0v) is 10.6. The highest BCUT2D eigenvalue weighted by Crippen LogP contribution is 2.33. The number of carbonyl (C=O) groups excluding carboxylic acids is 1. The van der Waals surface area contributed by atoms with Crippen molar-refractivity contribution in [3.63, 3.8) is 0 Å². The average molecular weight is 318 g/mol. The van der Waals surface area contributed by atoms with Crippen LogP contribution in [-0.2, 0) is 4.79 Å². The summed E-state index contributed by atoms with van der Waals surface area (Å²) >= 11 is 2.12. The van der Waals surface area contributed by atoms with Gasteiger partial charge < -0.3 is 9.84 Å². The highest BCUT2D eigenvalue weighted by Gasteiger charge is 2.07. The summed E-state index contributed by atoms with van der Waals surface area (Å²) in [6.07, 6.45) is 2.36. The molecular weight excluding hydrogens is 307 g/mol. The topological polar surface area (TPSA) is 46.5 Å². The second kappa shape index (κ2) is 5.16. The number of hydrogen-bond donors (Lipinski definition) is 1. The minimum absolute atomic E-state index is 0.0547. The molecule has 0 heterocycles. The Balaban J connectivity index is 3.29. The Kier molecular flexibility index (Phi) is 4.14. The van der Waals surface area contributed by atoms with Crippen LogP contribution in [0.1, 0.15) is 12.5 Å². The molecule has 0 saturated heterocycles. The van der Waals surface area contributed by atoms with Crippen LogP contribution in [0, 0.1) is 3.57 Å². The smallest absolute Gasteiger partial charge is 0.165 e. The number of aromatic hydroxyl groups is 1. The fourth-order valence-corrected chi connectivity index (χ4v) is 1.76. The van der Waals surface area contributed by atoms with Crippen LogP contribution < -0.4 is 4.74 Å². The minimum atomic E-state index is 0.0547. The molecule has 0 spiro atoms. The van der Waals surface area contributed by atoms with Gasteiger partial charge in [0.25, 0.3) is 0 Å². The van der Waals surface area contributed by atoms with Gasteiger partial charge in [-0.2, -0.15) is 0 Å². The molecule has 15 heavy (non-hydrogen) atoms. The van der Waals surface area contributed by atoms with E-state index in [1.165, 1.54) is 7.11 Å². The maximum absolute atomic E-state index is 10.5. The van der Waals surface area contributed by atoms with E-state index >= 15 is 0 Å². The molecule has 0 atom stereocenters. The number of phenols is 1. The molecule has 1 aromatic rings. The molecule has 1 aromatic carbocycles. The lowest BCUT2D eigenvalue weighted by atomic mass is 10.1. The number of carbonyl (C=O) groups is 1. The first-order valence-corrected chi connectivity index (χ1v) is 5.36. The summed E-state index contributed by atoms with van der Waals surface area (Å²) in [5.74, 6) is 0.464. The zero-order chi connectivity index (χ0) is 11.4. The molecule has 0 aliphatic rings. The molecule has 1 rings (SSSR count). The summed E-state index contributed by atoms with van der Waals surface area (Å²) in [4.78, 5) is 10.5. The number of phenolic OH excluding ortho intramolecular Hbond substituents is 1. The van der Waals surface area contributed by atoms with Gasteiger partial charge in [-0.1, -0.05) is 0 Å². The van der Waals surface area contributed by atoms with Crippen LogP contribution in [0.25, 0.3) is 6.08 Å². The summed E-state index contributed by atoms with van der Waals surface area (Å²) < 4.78 is 5.95. The minimum Gasteiger partial charge on any atom is -0.504 e. The van der Waals surface area contributed by atoms with Gasteiger partial charge in [-0.3, -0.25) is 4.79 Å². The second-order valence-electron chi connectivity index (χ2n) is 3.05. The third-order valence-corrected chi connectivity index (χ3v) is 2.48. The van der Waals surface area contributed by atoms with Gasteiger partial charge in [0.15, 0.2) is 11.5 Å². The van der Waals surface area contributed by atoms with Crippen molar-refractivity contribution in [2.75, 3.05) is 7.11 Å². The van der Waals surface area contributed by atoms with Gasteiger partial charge in [0.1, 0.15) is 6.29 Å². The van der Waals surface area contributed by atoms with E-state index in [-0.39, 0.29) is 5.75 Å². The van der Waals surface area contributed by atoms with E-state index in [9.17, 15) is 9.90 Å². The lowest BCUT2D eigenvalue weighted by Gasteiger charge is -2.07. The first-order chi connectivity index (χ1) is 7.08. The molecule has 0 fully saturated rings. The van der Waals surface area contributed by atoms with E-state index < -0.39 is 0 Å². The third-order valence-electron chi connectivity index (χ3n) is 1.86. The van der Waals surface area contributed by atoms with Crippen molar-refractivity contribution in [3.8, 4) is 11.5 Å². The molecule has 1 N–H and O–H groups in total. The first-order valence-electron chi connectivity index (χ1n) is 4.28. The van der Waals surface area contributed by atoms with Gasteiger partial charge in [-0.25, -0.2) is 0 Å². The van der Waals surface area contributed by atoms with Gasteiger partial charge in [0.2, 0.25) is 0 Å². The quantitative estimate of drug-likeness (QED) is 0.529. The standard InChI is InChI=1S/C11H11IO3/c1-7(6-13)3-8-4-9(12)5-10(15-2)11(8)14/h3-6,14H,1-2H3/b7-3+. The normalized spacial score (nSPS) is 11.3. The van der Waals surface area contributed by atoms with Crippen LogP contribution in [0.4, 0.5) is 0 Å². The van der Waals surface area contributed by atoms with E-state index in [1.54, 1.807) is 25.1 Å². The summed E-state index contributed by atoms with van der Waals surface area (Å²) in [6, 6.07) is 3.51. The first kappa shape index (κ1) is 12.0. The van der Waals surface area contributed by atoms with E-state index in [0.717, 1.165) is 9.86 Å². The Morgan fingerprint density at radius 1 is 1.53 bits per heavy atom. The van der Waals surface area contributed by atoms with Crippen LogP contribution in [0.15, 0.2) is 17.7 Å². The summed E-state index contributed by atoms with van der Waals surface area (Å²) in [5.41, 5.74) is 1.14. The average Bonchev–Trinajstić information content (AvgIpc) is 2.22. The predicted molar refractivity (Wildman–Crippen MR) is 67.1 cm³/mol. The molecule has 0 amide bonds. The lowest BCUT2D eigenvalue weighted by molar-refractivity contribution is -0.104. The summed E-state index contributed by atoms with van der Waals surface area (Å²) in [6.45, 7) is 1.68. The Morgan fingerprint density at radius 2 is 2.20 bits per heavy atom. The largest absolute Gasteiger partial charge is 0.504 e. The molecule has 0 aromatic heterocycles. The Labute approximate surface area is 102 Å². The molecule has 0 radical (unpaired) electrons. The van der Waals surface area contributed by atoms with Crippen molar-refractivity contribution < 1.29 is 14.6 Å². The molecule has 0 aliphatic carbocycles. The van der Waals surface area contributed by atoms with Crippen LogP contribution in [-0.4, -0.2) is 18.5 Å². The van der Waals surface area contributed by atoms with Crippen molar-refractivity contribution in [3.05, 3.63) is 26.8 Å². The Morgan fingerprint density at radius 3 is 2.73 bits per heavy atom. The SMILES string of the molecule is COc1cc(I)cc(/C=C(\C)C=O)c1O. The van der Waals surface area contributed by atoms with Crippen LogP contribution in [0.3, 0.4) is 0 Å². The molecule has 0 bridgehead atoms. The van der Waals surface area contributed by atoms with E-state index in [0.29, 0.717) is 16.9 Å². The molecule has 0 aliphatic heterocycles. The second-order valence-corrected chi connectivity index (χ2v) is 4.30. The molecule has 80 valence electrons. The van der Waals surface area contributed by atoms with Gasteiger partial charge in [-0.05, 0) is 53.3 Å². The highest BCUT2D eigenvalue weighted by molar-refractivity contribution is 14.1. The number of aldehydes is 1. The number of allylic oxidation sites excluding steroid dienone is 1. The fraction of sp³-hybridized carbons (Fsp3) is 0.182. The van der Waals surface area contributed by atoms with Crippen molar-refractivity contribution in [2.45, 2.75) is 6.92 Å². The number of halogens is 1. The summed E-state index contributed by atoms with van der Waals surface area (Å²) in [7, 11) is 1.49. The maximum Gasteiger partial charge on any atom is 0.165 e.